The number of carbonyl (C=O) groups excluding carboxylic acids is 1. The molecule has 0 unspecified atom stereocenters. The maximum absolute atomic E-state index is 11.9. The van der Waals surface area contributed by atoms with Gasteiger partial charge < -0.3 is 9.15 Å². The Labute approximate surface area is 121 Å². The van der Waals surface area contributed by atoms with Crippen molar-refractivity contribution in [1.82, 2.24) is 10.2 Å². The van der Waals surface area contributed by atoms with E-state index in [4.69, 9.17) is 9.15 Å². The van der Waals surface area contributed by atoms with Crippen LogP contribution in [-0.4, -0.2) is 23.1 Å². The Morgan fingerprint density at radius 2 is 2.10 bits per heavy atom. The fourth-order valence-electron chi connectivity index (χ4n) is 1.44. The molecule has 1 aromatic heterocycles. The molecular weight excluding hydrogens is 276 g/mol. The normalized spacial score (nSPS) is 11.1. The van der Waals surface area contributed by atoms with Crippen molar-refractivity contribution in [3.63, 3.8) is 0 Å². The molecule has 0 aliphatic carbocycles. The Kier molecular flexibility index (Phi) is 5.09. The molecule has 1 heterocycles. The second kappa shape index (κ2) is 7.02. The molecule has 5 nitrogen and oxygen atoms in total. The quantitative estimate of drug-likeness (QED) is 0.463. The van der Waals surface area contributed by atoms with E-state index in [0.717, 1.165) is 5.56 Å². The van der Waals surface area contributed by atoms with Gasteiger partial charge in [-0.05, 0) is 30.2 Å². The molecule has 0 spiro atoms. The first-order valence-corrected chi connectivity index (χ1v) is 6.82. The standard InChI is InChI=1S/C14H14N2O3S/c1-10-3-5-11(6-4-10)12(17)7-8-20-14-16-15-13(19-14)9-18-2/h3-8H,9H2,1-2H3/b8-7+. The van der Waals surface area contributed by atoms with Crippen molar-refractivity contribution in [2.45, 2.75) is 18.8 Å². The van der Waals surface area contributed by atoms with E-state index in [1.807, 2.05) is 19.1 Å². The maximum Gasteiger partial charge on any atom is 0.280 e. The molecule has 0 aliphatic rings. The summed E-state index contributed by atoms with van der Waals surface area (Å²) in [5, 5.41) is 9.62. The number of methoxy groups -OCH3 is 1. The van der Waals surface area contributed by atoms with Gasteiger partial charge in [-0.1, -0.05) is 29.8 Å². The highest BCUT2D eigenvalue weighted by Gasteiger charge is 2.05. The summed E-state index contributed by atoms with van der Waals surface area (Å²) in [6, 6.07) is 7.42. The Morgan fingerprint density at radius 1 is 1.35 bits per heavy atom. The average molecular weight is 290 g/mol. The zero-order valence-electron chi connectivity index (χ0n) is 11.2. The van der Waals surface area contributed by atoms with Gasteiger partial charge in [-0.15, -0.1) is 10.2 Å². The third-order valence-corrected chi connectivity index (χ3v) is 3.08. The van der Waals surface area contributed by atoms with Gasteiger partial charge in [0.1, 0.15) is 6.61 Å². The Morgan fingerprint density at radius 3 is 2.80 bits per heavy atom. The molecule has 0 N–H and O–H groups in total. The van der Waals surface area contributed by atoms with Crippen LogP contribution in [0.15, 0.2) is 45.4 Å². The lowest BCUT2D eigenvalue weighted by Crippen LogP contribution is -1.93. The zero-order valence-corrected chi connectivity index (χ0v) is 12.0. The SMILES string of the molecule is COCc1nnc(S/C=C/C(=O)c2ccc(C)cc2)o1. The molecule has 0 radical (unpaired) electrons. The number of rotatable bonds is 6. The number of aromatic nitrogens is 2. The highest BCUT2D eigenvalue weighted by atomic mass is 32.2. The molecule has 0 aliphatic heterocycles. The highest BCUT2D eigenvalue weighted by Crippen LogP contribution is 2.18. The molecule has 2 rings (SSSR count). The summed E-state index contributed by atoms with van der Waals surface area (Å²) in [6.45, 7) is 2.26. The Hall–Kier alpha value is -1.92. The molecule has 0 atom stereocenters. The van der Waals surface area contributed by atoms with E-state index in [9.17, 15) is 4.79 Å². The van der Waals surface area contributed by atoms with Crippen LogP contribution in [0.5, 0.6) is 0 Å². The molecule has 0 bridgehead atoms. The minimum atomic E-state index is -0.0610. The number of allylic oxidation sites excluding steroid dienone is 1. The van der Waals surface area contributed by atoms with Gasteiger partial charge in [-0.3, -0.25) is 4.79 Å². The molecule has 0 saturated heterocycles. The highest BCUT2D eigenvalue weighted by molar-refractivity contribution is 8.01. The number of hydrogen-bond donors (Lipinski definition) is 0. The van der Waals surface area contributed by atoms with E-state index in [0.29, 0.717) is 16.7 Å². The van der Waals surface area contributed by atoms with Gasteiger partial charge in [0.05, 0.1) is 0 Å². The lowest BCUT2D eigenvalue weighted by atomic mass is 10.1. The second-order valence-electron chi connectivity index (χ2n) is 4.05. The van der Waals surface area contributed by atoms with Crippen LogP contribution >= 0.6 is 11.8 Å². The summed E-state index contributed by atoms with van der Waals surface area (Å²) in [5.41, 5.74) is 1.77. The van der Waals surface area contributed by atoms with Crippen LogP contribution < -0.4 is 0 Å². The number of thioether (sulfide) groups is 1. The second-order valence-corrected chi connectivity index (χ2v) is 4.90. The van der Waals surface area contributed by atoms with Gasteiger partial charge in [-0.25, -0.2) is 0 Å². The van der Waals surface area contributed by atoms with E-state index >= 15 is 0 Å². The first kappa shape index (κ1) is 14.5. The van der Waals surface area contributed by atoms with Crippen molar-refractivity contribution in [2.75, 3.05) is 7.11 Å². The monoisotopic (exact) mass is 290 g/mol. The summed E-state index contributed by atoms with van der Waals surface area (Å²) < 4.78 is 10.2. The topological polar surface area (TPSA) is 65.2 Å². The largest absolute Gasteiger partial charge is 0.413 e. The van der Waals surface area contributed by atoms with Gasteiger partial charge >= 0.3 is 0 Å². The van der Waals surface area contributed by atoms with Crippen molar-refractivity contribution in [3.8, 4) is 0 Å². The van der Waals surface area contributed by atoms with Crippen LogP contribution in [0.25, 0.3) is 0 Å². The van der Waals surface area contributed by atoms with Crippen molar-refractivity contribution < 1.29 is 13.9 Å². The van der Waals surface area contributed by atoms with Gasteiger partial charge in [0.15, 0.2) is 5.78 Å². The van der Waals surface area contributed by atoms with Crippen LogP contribution in [0, 0.1) is 6.92 Å². The van der Waals surface area contributed by atoms with E-state index < -0.39 is 0 Å². The van der Waals surface area contributed by atoms with Gasteiger partial charge in [0.2, 0.25) is 5.89 Å². The van der Waals surface area contributed by atoms with E-state index in [2.05, 4.69) is 10.2 Å². The van der Waals surface area contributed by atoms with Gasteiger partial charge in [0, 0.05) is 12.7 Å². The summed E-state index contributed by atoms with van der Waals surface area (Å²) in [4.78, 5) is 11.9. The summed E-state index contributed by atoms with van der Waals surface area (Å²) in [7, 11) is 1.55. The van der Waals surface area contributed by atoms with Crippen molar-refractivity contribution in [2.24, 2.45) is 0 Å². The lowest BCUT2D eigenvalue weighted by Gasteiger charge is -1.96. The third kappa shape index (κ3) is 4.04. The zero-order chi connectivity index (χ0) is 14.4. The molecule has 104 valence electrons. The van der Waals surface area contributed by atoms with E-state index in [1.54, 1.807) is 24.7 Å². The smallest absolute Gasteiger partial charge is 0.280 e. The lowest BCUT2D eigenvalue weighted by molar-refractivity contribution is 0.104. The predicted octanol–water partition coefficient (Wildman–Crippen LogP) is 3.01. The number of benzene rings is 1. The Bertz CT molecular complexity index is 605. The molecule has 0 fully saturated rings. The molecule has 0 saturated carbocycles. The molecular formula is C14H14N2O3S. The van der Waals surface area contributed by atoms with Crippen molar-refractivity contribution >= 4 is 17.5 Å². The van der Waals surface area contributed by atoms with Crippen LogP contribution in [0.3, 0.4) is 0 Å². The molecule has 0 amide bonds. The first-order valence-electron chi connectivity index (χ1n) is 5.94. The minimum Gasteiger partial charge on any atom is -0.413 e. The fraction of sp³-hybridized carbons (Fsp3) is 0.214. The average Bonchev–Trinajstić information content (AvgIpc) is 2.87. The maximum atomic E-state index is 11.9. The van der Waals surface area contributed by atoms with Gasteiger partial charge in [-0.2, -0.15) is 0 Å². The van der Waals surface area contributed by atoms with E-state index in [-0.39, 0.29) is 12.4 Å². The van der Waals surface area contributed by atoms with Crippen LogP contribution in [0.2, 0.25) is 0 Å². The van der Waals surface area contributed by atoms with Crippen molar-refractivity contribution in [1.29, 1.82) is 0 Å². The number of ketones is 1. The number of aryl methyl sites for hydroxylation is 1. The number of nitrogens with zero attached hydrogens (tertiary/aromatic N) is 2. The summed E-state index contributed by atoms with van der Waals surface area (Å²) in [5.74, 6) is 0.349. The minimum absolute atomic E-state index is 0.0610. The first-order chi connectivity index (χ1) is 9.69. The van der Waals surface area contributed by atoms with Crippen LogP contribution in [0.4, 0.5) is 0 Å². The van der Waals surface area contributed by atoms with Crippen molar-refractivity contribution in [3.05, 3.63) is 52.8 Å². The molecule has 20 heavy (non-hydrogen) atoms. The molecule has 6 heteroatoms. The van der Waals surface area contributed by atoms with Crippen LogP contribution in [0.1, 0.15) is 21.8 Å². The van der Waals surface area contributed by atoms with Gasteiger partial charge in [0.25, 0.3) is 5.22 Å². The summed E-state index contributed by atoms with van der Waals surface area (Å²) in [6.07, 6.45) is 1.48. The summed E-state index contributed by atoms with van der Waals surface area (Å²) >= 11 is 1.20. The number of ether oxygens (including phenoxy) is 1. The molecule has 2 aromatic rings. The van der Waals surface area contributed by atoms with Crippen LogP contribution in [-0.2, 0) is 11.3 Å². The number of hydrogen-bond acceptors (Lipinski definition) is 6. The Balaban J connectivity index is 1.92. The molecule has 1 aromatic carbocycles. The predicted molar refractivity (Wildman–Crippen MR) is 75.5 cm³/mol. The van der Waals surface area contributed by atoms with E-state index in [1.165, 1.54) is 17.8 Å². The fourth-order valence-corrected chi connectivity index (χ4v) is 1.98. The third-order valence-electron chi connectivity index (χ3n) is 2.44. The number of carbonyl (C=O) groups is 1.